The van der Waals surface area contributed by atoms with Crippen LogP contribution in [0.5, 0.6) is 11.5 Å². The summed E-state index contributed by atoms with van der Waals surface area (Å²) in [5.74, 6) is 2.19. The summed E-state index contributed by atoms with van der Waals surface area (Å²) < 4.78 is 10.7. The summed E-state index contributed by atoms with van der Waals surface area (Å²) in [5, 5.41) is 6.35. The largest absolute Gasteiger partial charge is 0.493 e. The van der Waals surface area contributed by atoms with Crippen molar-refractivity contribution in [3.63, 3.8) is 0 Å². The molecule has 2 N–H and O–H groups in total. The minimum atomic E-state index is -0.241. The van der Waals surface area contributed by atoms with E-state index >= 15 is 0 Å². The van der Waals surface area contributed by atoms with E-state index in [4.69, 9.17) is 19.4 Å². The number of rotatable bonds is 7. The van der Waals surface area contributed by atoms with E-state index in [-0.39, 0.29) is 11.9 Å². The van der Waals surface area contributed by atoms with Gasteiger partial charge in [0.15, 0.2) is 22.1 Å². The van der Waals surface area contributed by atoms with Gasteiger partial charge in [-0.15, -0.1) is 11.3 Å². The van der Waals surface area contributed by atoms with Gasteiger partial charge in [0.05, 0.1) is 25.9 Å². The Morgan fingerprint density at radius 1 is 1.15 bits per heavy atom. The van der Waals surface area contributed by atoms with Crippen molar-refractivity contribution in [1.29, 1.82) is 0 Å². The maximum Gasteiger partial charge on any atom is 0.271 e. The molecule has 1 unspecified atom stereocenters. The fraction of sp³-hybridized carbons (Fsp3) is 0.273. The summed E-state index contributed by atoms with van der Waals surface area (Å²) in [6.45, 7) is 1.30. The van der Waals surface area contributed by atoms with Crippen LogP contribution in [0.25, 0.3) is 10.3 Å². The molecule has 1 aliphatic rings. The molecule has 0 bridgehead atoms. The van der Waals surface area contributed by atoms with E-state index in [1.165, 1.54) is 29.9 Å². The lowest BCUT2D eigenvalue weighted by Gasteiger charge is -2.18. The fourth-order valence-electron chi connectivity index (χ4n) is 3.77. The number of hydrogen-bond donors (Lipinski definition) is 2. The highest BCUT2D eigenvalue weighted by Gasteiger charge is 2.27. The summed E-state index contributed by atoms with van der Waals surface area (Å²) in [6.07, 6.45) is 5.26. The Kier molecular flexibility index (Phi) is 6.04. The number of amides is 1. The first-order chi connectivity index (χ1) is 16.6. The van der Waals surface area contributed by atoms with Crippen molar-refractivity contribution in [1.82, 2.24) is 30.2 Å². The van der Waals surface area contributed by atoms with Gasteiger partial charge in [0.25, 0.3) is 5.91 Å². The summed E-state index contributed by atoms with van der Waals surface area (Å²) >= 11 is 1.45. The van der Waals surface area contributed by atoms with Crippen molar-refractivity contribution in [2.24, 2.45) is 0 Å². The Labute approximate surface area is 199 Å². The Morgan fingerprint density at radius 3 is 2.82 bits per heavy atom. The number of methoxy groups -OCH3 is 2. The van der Waals surface area contributed by atoms with Gasteiger partial charge in [0.1, 0.15) is 11.2 Å². The van der Waals surface area contributed by atoms with Crippen molar-refractivity contribution in [3.8, 4) is 11.5 Å². The third-order valence-corrected chi connectivity index (χ3v) is 6.15. The van der Waals surface area contributed by atoms with Crippen LogP contribution in [0.15, 0.2) is 42.3 Å². The van der Waals surface area contributed by atoms with E-state index in [9.17, 15) is 4.79 Å². The zero-order chi connectivity index (χ0) is 23.5. The molecule has 0 saturated carbocycles. The highest BCUT2D eigenvalue weighted by Crippen LogP contribution is 2.33. The zero-order valence-corrected chi connectivity index (χ0v) is 19.4. The molecule has 174 valence electrons. The number of aromatic nitrogens is 5. The van der Waals surface area contributed by atoms with Gasteiger partial charge in [-0.2, -0.15) is 9.97 Å². The monoisotopic (exact) mass is 478 g/mol. The molecule has 0 aliphatic carbocycles. The number of ether oxygens (including phenoxy) is 2. The molecule has 34 heavy (non-hydrogen) atoms. The second-order valence-electron chi connectivity index (χ2n) is 7.57. The van der Waals surface area contributed by atoms with Gasteiger partial charge in [-0.3, -0.25) is 9.78 Å². The van der Waals surface area contributed by atoms with Crippen LogP contribution >= 0.6 is 11.3 Å². The highest BCUT2D eigenvalue weighted by atomic mass is 32.1. The van der Waals surface area contributed by atoms with Gasteiger partial charge in [-0.05, 0) is 18.6 Å². The molecule has 3 aromatic heterocycles. The third kappa shape index (κ3) is 4.39. The molecule has 1 atom stereocenters. The first-order valence-corrected chi connectivity index (χ1v) is 11.4. The van der Waals surface area contributed by atoms with Crippen LogP contribution in [0, 0.1) is 0 Å². The van der Waals surface area contributed by atoms with E-state index in [1.807, 2.05) is 18.2 Å². The number of benzene rings is 1. The van der Waals surface area contributed by atoms with E-state index in [2.05, 4.69) is 30.5 Å². The maximum absolute atomic E-state index is 12.4. The van der Waals surface area contributed by atoms with E-state index < -0.39 is 0 Å². The lowest BCUT2D eigenvalue weighted by molar-refractivity contribution is 0.0935. The quantitative estimate of drug-likeness (QED) is 0.409. The highest BCUT2D eigenvalue weighted by molar-refractivity contribution is 7.16. The number of fused-ring (bicyclic) bond motifs is 1. The lowest BCUT2D eigenvalue weighted by atomic mass is 10.2. The summed E-state index contributed by atoms with van der Waals surface area (Å²) in [5.41, 5.74) is 3.52. The first-order valence-electron chi connectivity index (χ1n) is 10.6. The predicted octanol–water partition coefficient (Wildman–Crippen LogP) is 2.65. The molecule has 1 fully saturated rings. The molecule has 12 heteroatoms. The van der Waals surface area contributed by atoms with Gasteiger partial charge in [0, 0.05) is 43.3 Å². The van der Waals surface area contributed by atoms with Crippen LogP contribution in [-0.4, -0.2) is 64.2 Å². The molecule has 4 heterocycles. The number of hydrogen-bond acceptors (Lipinski definition) is 11. The molecule has 4 aromatic rings. The number of carbonyl (C=O) groups is 1. The maximum atomic E-state index is 12.4. The minimum Gasteiger partial charge on any atom is -0.493 e. The Hall–Kier alpha value is -4.06. The standard InChI is InChI=1S/C22H22N8O3S/c1-32-16-4-3-13(9-17(16)33-2)26-19-18-21(34-12-25-18)29-22(28-19)30-8-5-14(11-30)27-20(31)15-10-23-6-7-24-15/h3-4,6-7,9-10,12,14H,5,8,11H2,1-2H3,(H,27,31)(H,26,28,29). The van der Waals surface area contributed by atoms with Gasteiger partial charge >= 0.3 is 0 Å². The van der Waals surface area contributed by atoms with E-state index in [0.717, 1.165) is 16.9 Å². The van der Waals surface area contributed by atoms with E-state index in [1.54, 1.807) is 19.7 Å². The molecule has 11 nitrogen and oxygen atoms in total. The van der Waals surface area contributed by atoms with E-state index in [0.29, 0.717) is 47.6 Å². The van der Waals surface area contributed by atoms with Crippen LogP contribution in [0.1, 0.15) is 16.9 Å². The zero-order valence-electron chi connectivity index (χ0n) is 18.6. The van der Waals surface area contributed by atoms with Crippen molar-refractivity contribution in [2.75, 3.05) is 37.5 Å². The van der Waals surface area contributed by atoms with Crippen LogP contribution in [-0.2, 0) is 0 Å². The molecule has 5 rings (SSSR count). The third-order valence-electron chi connectivity index (χ3n) is 5.43. The minimum absolute atomic E-state index is 0.0440. The molecule has 1 aliphatic heterocycles. The molecule has 1 saturated heterocycles. The molecule has 0 radical (unpaired) electrons. The predicted molar refractivity (Wildman–Crippen MR) is 128 cm³/mol. The Bertz CT molecular complexity index is 1320. The summed E-state index contributed by atoms with van der Waals surface area (Å²) in [6, 6.07) is 5.51. The van der Waals surface area contributed by atoms with Crippen LogP contribution in [0.3, 0.4) is 0 Å². The summed E-state index contributed by atoms with van der Waals surface area (Å²) in [7, 11) is 3.19. The van der Waals surface area contributed by atoms with Gasteiger partial charge in [-0.25, -0.2) is 9.97 Å². The van der Waals surface area contributed by atoms with Crippen molar-refractivity contribution in [2.45, 2.75) is 12.5 Å². The normalized spacial score (nSPS) is 15.4. The van der Waals surface area contributed by atoms with Crippen LogP contribution < -0.4 is 25.0 Å². The molecule has 1 aromatic carbocycles. The van der Waals surface area contributed by atoms with Gasteiger partial charge in [0.2, 0.25) is 5.95 Å². The summed E-state index contributed by atoms with van der Waals surface area (Å²) in [4.78, 5) is 37.2. The molecule has 1 amide bonds. The molecule has 0 spiro atoms. The average Bonchev–Trinajstić information content (AvgIpc) is 3.54. The Balaban J connectivity index is 1.35. The first kappa shape index (κ1) is 21.8. The number of nitrogens with one attached hydrogen (secondary N) is 2. The second kappa shape index (κ2) is 9.43. The second-order valence-corrected chi connectivity index (χ2v) is 8.40. The lowest BCUT2D eigenvalue weighted by Crippen LogP contribution is -2.37. The van der Waals surface area contributed by atoms with Crippen molar-refractivity contribution >= 4 is 45.0 Å². The number of thiazole rings is 1. The Morgan fingerprint density at radius 2 is 2.03 bits per heavy atom. The topological polar surface area (TPSA) is 127 Å². The number of anilines is 3. The van der Waals surface area contributed by atoms with Gasteiger partial charge < -0.3 is 25.0 Å². The number of nitrogens with zero attached hydrogens (tertiary/aromatic N) is 6. The van der Waals surface area contributed by atoms with Crippen LogP contribution in [0.4, 0.5) is 17.5 Å². The molecular formula is C22H22N8O3S. The van der Waals surface area contributed by atoms with Gasteiger partial charge in [-0.1, -0.05) is 0 Å². The number of carbonyl (C=O) groups excluding carboxylic acids is 1. The molecular weight excluding hydrogens is 456 g/mol. The van der Waals surface area contributed by atoms with Crippen molar-refractivity contribution in [3.05, 3.63) is 48.0 Å². The van der Waals surface area contributed by atoms with Crippen LogP contribution in [0.2, 0.25) is 0 Å². The fourth-order valence-corrected chi connectivity index (χ4v) is 4.42. The van der Waals surface area contributed by atoms with Crippen molar-refractivity contribution < 1.29 is 14.3 Å². The smallest absolute Gasteiger partial charge is 0.271 e. The SMILES string of the molecule is COc1ccc(Nc2nc(N3CCC(NC(=O)c4cnccn4)C3)nc3scnc23)cc1OC. The average molecular weight is 479 g/mol.